The van der Waals surface area contributed by atoms with Gasteiger partial charge in [-0.1, -0.05) is 15.9 Å². The number of rotatable bonds is 3. The van der Waals surface area contributed by atoms with E-state index in [0.717, 1.165) is 12.1 Å². The minimum Gasteiger partial charge on any atom is -0.314 e. The maximum Gasteiger partial charge on any atom is 0.416 e. The normalized spacial score (nSPS) is 18.1. The number of hydrogen-bond acceptors (Lipinski definition) is 2. The van der Waals surface area contributed by atoms with Crippen LogP contribution >= 0.6 is 28.3 Å². The number of halogens is 8. The molecule has 1 fully saturated rings. The van der Waals surface area contributed by atoms with Gasteiger partial charge in [0.2, 0.25) is 0 Å². The van der Waals surface area contributed by atoms with E-state index in [1.54, 1.807) is 4.90 Å². The Balaban J connectivity index is 0.00000288. The van der Waals surface area contributed by atoms with Crippen molar-refractivity contribution in [2.75, 3.05) is 26.2 Å². The lowest BCUT2D eigenvalue weighted by atomic mass is 9.98. The quantitative estimate of drug-likeness (QED) is 0.679. The van der Waals surface area contributed by atoms with E-state index in [4.69, 9.17) is 0 Å². The first-order valence-corrected chi connectivity index (χ1v) is 7.75. The van der Waals surface area contributed by atoms with Crippen molar-refractivity contribution in [2.24, 2.45) is 0 Å². The van der Waals surface area contributed by atoms with E-state index < -0.39 is 30.4 Å². The first kappa shape index (κ1) is 21.5. The molecule has 0 spiro atoms. The first-order chi connectivity index (χ1) is 10.6. The molecule has 24 heavy (non-hydrogen) atoms. The van der Waals surface area contributed by atoms with Gasteiger partial charge in [-0.2, -0.15) is 26.3 Å². The molecule has 10 heteroatoms. The second-order valence-corrected chi connectivity index (χ2v) is 6.31. The molecule has 1 aliphatic rings. The van der Waals surface area contributed by atoms with Crippen LogP contribution in [0.3, 0.4) is 0 Å². The highest BCUT2D eigenvalue weighted by atomic mass is 79.9. The Kier molecular flexibility index (Phi) is 7.40. The Morgan fingerprint density at radius 2 is 1.62 bits per heavy atom. The Morgan fingerprint density at radius 3 is 2.12 bits per heavy atom. The second-order valence-electron chi connectivity index (χ2n) is 5.39. The summed E-state index contributed by atoms with van der Waals surface area (Å²) < 4.78 is 77.6. The first-order valence-electron chi connectivity index (χ1n) is 6.95. The molecule has 0 radical (unpaired) electrons. The Morgan fingerprint density at radius 1 is 1.04 bits per heavy atom. The Bertz CT molecular complexity index is 543. The Hall–Kier alpha value is -0.510. The lowest BCUT2D eigenvalue weighted by molar-refractivity contribution is -0.148. The lowest BCUT2D eigenvalue weighted by Crippen LogP contribution is -2.46. The van der Waals surface area contributed by atoms with Crippen LogP contribution in [0, 0.1) is 0 Å². The summed E-state index contributed by atoms with van der Waals surface area (Å²) in [7, 11) is 0. The molecular weight excluding hydrogens is 426 g/mol. The fourth-order valence-corrected chi connectivity index (χ4v) is 3.15. The predicted molar refractivity (Wildman–Crippen MR) is 84.2 cm³/mol. The predicted octanol–water partition coefficient (Wildman–Crippen LogP) is 4.79. The summed E-state index contributed by atoms with van der Waals surface area (Å²) in [6.45, 7) is 1.73. The fraction of sp³-hybridized carbons (Fsp3) is 0.571. The molecule has 0 aromatic heterocycles. The fourth-order valence-electron chi connectivity index (χ4n) is 2.64. The van der Waals surface area contributed by atoms with E-state index >= 15 is 0 Å². The van der Waals surface area contributed by atoms with Gasteiger partial charge >= 0.3 is 12.4 Å². The van der Waals surface area contributed by atoms with Crippen LogP contribution in [0.4, 0.5) is 26.3 Å². The molecule has 0 bridgehead atoms. The van der Waals surface area contributed by atoms with Gasteiger partial charge in [-0.25, -0.2) is 0 Å². The summed E-state index contributed by atoms with van der Waals surface area (Å²) in [6.07, 6.45) is -10.2. The molecular formula is C14H16BrClF6N2. The van der Waals surface area contributed by atoms with Crippen molar-refractivity contribution in [2.45, 2.75) is 24.8 Å². The monoisotopic (exact) mass is 440 g/mol. The highest BCUT2D eigenvalue weighted by Gasteiger charge is 2.38. The number of benzene rings is 1. The standard InChI is InChI=1S/C14H15BrF6N2.ClH/c15-11-6-9(5-10(7-11)14(19,20)21)12(8-13(16,17)18)23-3-1-22-2-4-23;/h5-7,12,22H,1-4,8H2;1H/t12-;/m1./s1. The molecule has 1 aromatic rings. The average Bonchev–Trinajstić information content (AvgIpc) is 2.43. The van der Waals surface area contributed by atoms with Crippen LogP contribution in [0.5, 0.6) is 0 Å². The maximum absolute atomic E-state index is 12.9. The molecule has 0 amide bonds. The molecule has 0 saturated carbocycles. The number of alkyl halides is 6. The number of nitrogens with zero attached hydrogens (tertiary/aromatic N) is 1. The zero-order valence-corrected chi connectivity index (χ0v) is 14.7. The molecule has 1 saturated heterocycles. The molecule has 1 aromatic carbocycles. The van der Waals surface area contributed by atoms with Gasteiger partial charge in [0.25, 0.3) is 0 Å². The van der Waals surface area contributed by atoms with E-state index in [0.29, 0.717) is 26.2 Å². The average molecular weight is 442 g/mol. The van der Waals surface area contributed by atoms with Gasteiger partial charge < -0.3 is 5.32 Å². The third-order valence-corrected chi connectivity index (χ3v) is 4.11. The Labute approximate surface area is 150 Å². The van der Waals surface area contributed by atoms with Crippen molar-refractivity contribution in [3.8, 4) is 0 Å². The summed E-state index contributed by atoms with van der Waals surface area (Å²) in [5.41, 5.74) is -0.935. The topological polar surface area (TPSA) is 15.3 Å². The second kappa shape index (κ2) is 8.25. The largest absolute Gasteiger partial charge is 0.416 e. The number of hydrogen-bond donors (Lipinski definition) is 1. The summed E-state index contributed by atoms with van der Waals surface area (Å²) in [5, 5.41) is 3.02. The molecule has 1 atom stereocenters. The molecule has 2 rings (SSSR count). The lowest BCUT2D eigenvalue weighted by Gasteiger charge is -2.36. The SMILES string of the molecule is Cl.FC(F)(F)C[C@H](c1cc(Br)cc(C(F)(F)F)c1)N1CCNCC1. The highest BCUT2D eigenvalue weighted by Crippen LogP contribution is 2.38. The smallest absolute Gasteiger partial charge is 0.314 e. The van der Waals surface area contributed by atoms with Crippen molar-refractivity contribution < 1.29 is 26.3 Å². The van der Waals surface area contributed by atoms with Gasteiger partial charge in [-0.05, 0) is 23.8 Å². The van der Waals surface area contributed by atoms with Crippen LogP contribution in [0.15, 0.2) is 22.7 Å². The van der Waals surface area contributed by atoms with Gasteiger partial charge in [0.1, 0.15) is 0 Å². The van der Waals surface area contributed by atoms with E-state index in [1.165, 1.54) is 6.07 Å². The van der Waals surface area contributed by atoms with Crippen LogP contribution < -0.4 is 5.32 Å². The van der Waals surface area contributed by atoms with Gasteiger partial charge in [-0.15, -0.1) is 12.4 Å². The van der Waals surface area contributed by atoms with Gasteiger partial charge in [-0.3, -0.25) is 4.90 Å². The van der Waals surface area contributed by atoms with E-state index in [9.17, 15) is 26.3 Å². The zero-order chi connectivity index (χ0) is 17.3. The van der Waals surface area contributed by atoms with Crippen LogP contribution in [0.25, 0.3) is 0 Å². The molecule has 1 N–H and O–H groups in total. The van der Waals surface area contributed by atoms with E-state index in [2.05, 4.69) is 21.2 Å². The minimum atomic E-state index is -4.61. The van der Waals surface area contributed by atoms with E-state index in [1.807, 2.05) is 0 Å². The summed E-state index contributed by atoms with van der Waals surface area (Å²) >= 11 is 2.97. The zero-order valence-electron chi connectivity index (χ0n) is 12.3. The molecule has 1 heterocycles. The van der Waals surface area contributed by atoms with Gasteiger partial charge in [0.05, 0.1) is 12.0 Å². The molecule has 0 aliphatic carbocycles. The third-order valence-electron chi connectivity index (χ3n) is 3.65. The summed E-state index contributed by atoms with van der Waals surface area (Å²) in [5.74, 6) is 0. The van der Waals surface area contributed by atoms with E-state index in [-0.39, 0.29) is 22.4 Å². The number of piperazine rings is 1. The molecule has 2 nitrogen and oxygen atoms in total. The molecule has 0 unspecified atom stereocenters. The summed E-state index contributed by atoms with van der Waals surface area (Å²) in [4.78, 5) is 1.58. The maximum atomic E-state index is 12.9. The van der Waals surface area contributed by atoms with Crippen LogP contribution in [-0.2, 0) is 6.18 Å². The number of nitrogens with one attached hydrogen (secondary N) is 1. The molecule has 138 valence electrons. The van der Waals surface area contributed by atoms with Crippen molar-refractivity contribution in [3.05, 3.63) is 33.8 Å². The minimum absolute atomic E-state index is 0. The summed E-state index contributed by atoms with van der Waals surface area (Å²) in [6, 6.07) is 1.87. The third kappa shape index (κ3) is 6.09. The highest BCUT2D eigenvalue weighted by molar-refractivity contribution is 9.10. The van der Waals surface area contributed by atoms with Crippen molar-refractivity contribution in [1.29, 1.82) is 0 Å². The van der Waals surface area contributed by atoms with Crippen molar-refractivity contribution in [3.63, 3.8) is 0 Å². The van der Waals surface area contributed by atoms with Crippen LogP contribution in [0.1, 0.15) is 23.6 Å². The van der Waals surface area contributed by atoms with Crippen LogP contribution in [-0.4, -0.2) is 37.3 Å². The van der Waals surface area contributed by atoms with Gasteiger partial charge in [0, 0.05) is 36.7 Å². The molecule has 1 aliphatic heterocycles. The van der Waals surface area contributed by atoms with Crippen molar-refractivity contribution >= 4 is 28.3 Å². The van der Waals surface area contributed by atoms with Crippen LogP contribution in [0.2, 0.25) is 0 Å². The van der Waals surface area contributed by atoms with Crippen molar-refractivity contribution in [1.82, 2.24) is 10.2 Å². The van der Waals surface area contributed by atoms with Gasteiger partial charge in [0.15, 0.2) is 0 Å².